The number of methoxy groups -OCH3 is 1. The van der Waals surface area contributed by atoms with Crippen LogP contribution in [0.15, 0.2) is 18.2 Å². The van der Waals surface area contributed by atoms with E-state index in [-0.39, 0.29) is 37.7 Å². The number of carboxylic acids is 1. The van der Waals surface area contributed by atoms with E-state index in [0.717, 1.165) is 0 Å². The molecule has 2 aliphatic rings. The van der Waals surface area contributed by atoms with Crippen LogP contribution < -0.4 is 14.8 Å². The number of amides is 2. The first kappa shape index (κ1) is 16.1. The van der Waals surface area contributed by atoms with Crippen molar-refractivity contribution >= 4 is 17.8 Å². The molecule has 1 atom stereocenters. The Kier molecular flexibility index (Phi) is 4.04. The summed E-state index contributed by atoms with van der Waals surface area (Å²) in [4.78, 5) is 36.6. The molecule has 8 heteroatoms. The van der Waals surface area contributed by atoms with Crippen molar-refractivity contribution in [3.05, 3.63) is 23.8 Å². The number of carboxylic acid groups (broad SMARTS) is 1. The quantitative estimate of drug-likeness (QED) is 0.839. The zero-order valence-electron chi connectivity index (χ0n) is 13.2. The van der Waals surface area contributed by atoms with Crippen molar-refractivity contribution < 1.29 is 29.0 Å². The average molecular weight is 334 g/mol. The van der Waals surface area contributed by atoms with Gasteiger partial charge in [-0.3, -0.25) is 14.4 Å². The lowest BCUT2D eigenvalue weighted by Crippen LogP contribution is -2.56. The molecule has 2 amide bonds. The molecular weight excluding hydrogens is 316 g/mol. The van der Waals surface area contributed by atoms with Crippen LogP contribution in [0, 0.1) is 0 Å². The summed E-state index contributed by atoms with van der Waals surface area (Å²) in [5, 5.41) is 11.7. The minimum Gasteiger partial charge on any atom is -0.497 e. The highest BCUT2D eigenvalue weighted by Gasteiger charge is 2.42. The van der Waals surface area contributed by atoms with Gasteiger partial charge in [-0.15, -0.1) is 0 Å². The topological polar surface area (TPSA) is 105 Å². The fourth-order valence-electron chi connectivity index (χ4n) is 3.00. The van der Waals surface area contributed by atoms with E-state index in [1.165, 1.54) is 12.0 Å². The Labute approximate surface area is 138 Å². The van der Waals surface area contributed by atoms with E-state index in [1.54, 1.807) is 18.2 Å². The molecule has 128 valence electrons. The highest BCUT2D eigenvalue weighted by molar-refractivity contribution is 5.98. The molecule has 0 unspecified atom stereocenters. The van der Waals surface area contributed by atoms with Crippen LogP contribution in [0.5, 0.6) is 11.5 Å². The second-order valence-corrected chi connectivity index (χ2v) is 5.87. The number of benzene rings is 1. The van der Waals surface area contributed by atoms with Gasteiger partial charge in [0.15, 0.2) is 5.72 Å². The predicted octanol–water partition coefficient (Wildman–Crippen LogP) is 0.611. The maximum atomic E-state index is 12.4. The number of hydrogen-bond donors (Lipinski definition) is 2. The molecular formula is C16H18N2O6. The van der Waals surface area contributed by atoms with Crippen molar-refractivity contribution in [2.75, 3.05) is 20.2 Å². The molecule has 8 nitrogen and oxygen atoms in total. The SMILES string of the molecule is COc1ccc2c(c1)O[C@]1(CCC(=O)N(CC(=O)O)CC1)NC2=O. The van der Waals surface area contributed by atoms with Gasteiger partial charge in [-0.2, -0.15) is 0 Å². The molecule has 0 saturated carbocycles. The Morgan fingerprint density at radius 1 is 1.42 bits per heavy atom. The largest absolute Gasteiger partial charge is 0.497 e. The molecule has 0 aromatic heterocycles. The van der Waals surface area contributed by atoms with Crippen LogP contribution >= 0.6 is 0 Å². The third-order valence-corrected chi connectivity index (χ3v) is 4.29. The molecule has 2 heterocycles. The third-order valence-electron chi connectivity index (χ3n) is 4.29. The van der Waals surface area contributed by atoms with Crippen molar-refractivity contribution in [2.45, 2.75) is 25.0 Å². The van der Waals surface area contributed by atoms with Gasteiger partial charge in [0.25, 0.3) is 5.91 Å². The average Bonchev–Trinajstić information content (AvgIpc) is 2.68. The van der Waals surface area contributed by atoms with E-state index in [9.17, 15) is 14.4 Å². The molecule has 2 N–H and O–H groups in total. The Balaban J connectivity index is 1.85. The van der Waals surface area contributed by atoms with E-state index >= 15 is 0 Å². The summed E-state index contributed by atoms with van der Waals surface area (Å²) in [6, 6.07) is 4.93. The summed E-state index contributed by atoms with van der Waals surface area (Å²) in [6.45, 7) is -0.155. The summed E-state index contributed by atoms with van der Waals surface area (Å²) in [5.41, 5.74) is -0.612. The Morgan fingerprint density at radius 2 is 2.21 bits per heavy atom. The van der Waals surface area contributed by atoms with Crippen LogP contribution in [0.4, 0.5) is 0 Å². The predicted molar refractivity (Wildman–Crippen MR) is 81.9 cm³/mol. The Hall–Kier alpha value is -2.77. The summed E-state index contributed by atoms with van der Waals surface area (Å²) < 4.78 is 11.2. The third kappa shape index (κ3) is 2.99. The molecule has 0 bridgehead atoms. The van der Waals surface area contributed by atoms with Crippen LogP contribution in [-0.2, 0) is 9.59 Å². The van der Waals surface area contributed by atoms with Crippen molar-refractivity contribution in [1.29, 1.82) is 0 Å². The van der Waals surface area contributed by atoms with Crippen molar-refractivity contribution in [3.8, 4) is 11.5 Å². The fourth-order valence-corrected chi connectivity index (χ4v) is 3.00. The molecule has 1 aromatic carbocycles. The first-order valence-corrected chi connectivity index (χ1v) is 7.61. The summed E-state index contributed by atoms with van der Waals surface area (Å²) in [6.07, 6.45) is 0.700. The first-order valence-electron chi connectivity index (χ1n) is 7.61. The second kappa shape index (κ2) is 6.03. The number of carbonyl (C=O) groups is 3. The number of nitrogens with zero attached hydrogens (tertiary/aromatic N) is 1. The highest BCUT2D eigenvalue weighted by Crippen LogP contribution is 2.35. The summed E-state index contributed by atoms with van der Waals surface area (Å²) >= 11 is 0. The van der Waals surface area contributed by atoms with Crippen LogP contribution in [0.1, 0.15) is 29.6 Å². The van der Waals surface area contributed by atoms with Crippen molar-refractivity contribution in [1.82, 2.24) is 10.2 Å². The van der Waals surface area contributed by atoms with Gasteiger partial charge in [0.1, 0.15) is 18.0 Å². The molecule has 0 aliphatic carbocycles. The van der Waals surface area contributed by atoms with Gasteiger partial charge in [0.05, 0.1) is 12.7 Å². The number of fused-ring (bicyclic) bond motifs is 1. The molecule has 1 saturated heterocycles. The molecule has 1 aromatic rings. The number of carbonyl (C=O) groups excluding carboxylic acids is 2. The minimum atomic E-state index is -1.07. The van der Waals surface area contributed by atoms with E-state index in [1.807, 2.05) is 0 Å². The standard InChI is InChI=1S/C16H18N2O6/c1-23-10-2-3-11-12(8-10)24-16(17-15(11)22)5-4-13(19)18(7-6-16)9-14(20)21/h2-3,8H,4-7,9H2,1H3,(H,17,22)(H,20,21)/t16-/m0/s1. The lowest BCUT2D eigenvalue weighted by atomic mass is 10.00. The number of ether oxygens (including phenoxy) is 2. The molecule has 1 spiro atoms. The lowest BCUT2D eigenvalue weighted by molar-refractivity contribution is -0.144. The second-order valence-electron chi connectivity index (χ2n) is 5.87. The molecule has 2 aliphatic heterocycles. The van der Waals surface area contributed by atoms with Gasteiger partial charge in [-0.05, 0) is 12.1 Å². The number of nitrogens with one attached hydrogen (secondary N) is 1. The summed E-state index contributed by atoms with van der Waals surface area (Å²) in [5.74, 6) is -0.641. The monoisotopic (exact) mass is 334 g/mol. The highest BCUT2D eigenvalue weighted by atomic mass is 16.5. The van der Waals surface area contributed by atoms with E-state index in [4.69, 9.17) is 14.6 Å². The van der Waals surface area contributed by atoms with Gasteiger partial charge in [-0.1, -0.05) is 0 Å². The molecule has 1 fully saturated rings. The number of rotatable bonds is 3. The normalized spacial score (nSPS) is 23.1. The maximum Gasteiger partial charge on any atom is 0.323 e. The number of likely N-dealkylation sites (tertiary alicyclic amines) is 1. The van der Waals surface area contributed by atoms with Crippen molar-refractivity contribution in [3.63, 3.8) is 0 Å². The van der Waals surface area contributed by atoms with Crippen LogP contribution in [0.3, 0.4) is 0 Å². The fraction of sp³-hybridized carbons (Fsp3) is 0.438. The smallest absolute Gasteiger partial charge is 0.323 e. The molecule has 24 heavy (non-hydrogen) atoms. The van der Waals surface area contributed by atoms with Gasteiger partial charge >= 0.3 is 5.97 Å². The van der Waals surface area contributed by atoms with Gasteiger partial charge in [-0.25, -0.2) is 0 Å². The Bertz CT molecular complexity index is 704. The van der Waals surface area contributed by atoms with Gasteiger partial charge in [0, 0.05) is 31.9 Å². The lowest BCUT2D eigenvalue weighted by Gasteiger charge is -2.38. The van der Waals surface area contributed by atoms with Crippen LogP contribution in [0.2, 0.25) is 0 Å². The van der Waals surface area contributed by atoms with Gasteiger partial charge < -0.3 is 24.8 Å². The number of hydrogen-bond acceptors (Lipinski definition) is 5. The Morgan fingerprint density at radius 3 is 2.92 bits per heavy atom. The first-order chi connectivity index (χ1) is 11.4. The number of aliphatic carboxylic acids is 1. The zero-order valence-corrected chi connectivity index (χ0v) is 13.2. The van der Waals surface area contributed by atoms with Crippen molar-refractivity contribution in [2.24, 2.45) is 0 Å². The van der Waals surface area contributed by atoms with E-state index in [0.29, 0.717) is 23.5 Å². The summed E-state index contributed by atoms with van der Waals surface area (Å²) in [7, 11) is 1.52. The van der Waals surface area contributed by atoms with Crippen LogP contribution in [-0.4, -0.2) is 53.7 Å². The van der Waals surface area contributed by atoms with Crippen LogP contribution in [0.25, 0.3) is 0 Å². The van der Waals surface area contributed by atoms with E-state index < -0.39 is 11.7 Å². The minimum absolute atomic E-state index is 0.104. The maximum absolute atomic E-state index is 12.4. The van der Waals surface area contributed by atoms with E-state index in [2.05, 4.69) is 5.32 Å². The zero-order chi connectivity index (χ0) is 17.3. The molecule has 3 rings (SSSR count). The molecule has 0 radical (unpaired) electrons. The van der Waals surface area contributed by atoms with Gasteiger partial charge in [0.2, 0.25) is 5.91 Å².